The summed E-state index contributed by atoms with van der Waals surface area (Å²) in [6.07, 6.45) is 5.29. The number of ether oxygens (including phenoxy) is 1. The Hall–Kier alpha value is -2.76. The zero-order valence-electron chi connectivity index (χ0n) is 15.5. The summed E-state index contributed by atoms with van der Waals surface area (Å²) < 4.78 is 5.31. The van der Waals surface area contributed by atoms with Crippen LogP contribution >= 0.6 is 0 Å². The van der Waals surface area contributed by atoms with Crippen molar-refractivity contribution < 1.29 is 23.9 Å². The van der Waals surface area contributed by atoms with Crippen molar-refractivity contribution in [3.63, 3.8) is 0 Å². The lowest BCUT2D eigenvalue weighted by molar-refractivity contribution is -0.141. The molecule has 1 aromatic rings. The van der Waals surface area contributed by atoms with E-state index in [-0.39, 0.29) is 60.0 Å². The molecule has 1 saturated heterocycles. The highest BCUT2D eigenvalue weighted by Crippen LogP contribution is 2.65. The molecule has 144 valence electrons. The third-order valence-corrected chi connectivity index (χ3v) is 6.78. The standard InChI is InChI=1S/C22H21NO5/c1-11(24)12-4-2-3-5-17(12)28-18(25)8-9-23-21(26)19-13-6-7-14(16-10-15(13)16)20(19)22(23)27/h2-7,13-16,19-20H,8-10H2,1H3/t13-,14-,15-,16+,19-,20+/m0/s1. The number of carbonyl (C=O) groups is 4. The Bertz CT molecular complexity index is 899. The van der Waals surface area contributed by atoms with E-state index in [1.165, 1.54) is 11.8 Å². The molecule has 0 radical (unpaired) electrons. The number of rotatable bonds is 5. The highest BCUT2D eigenvalue weighted by atomic mass is 16.5. The first-order chi connectivity index (χ1) is 13.5. The van der Waals surface area contributed by atoms with Crippen LogP contribution in [0.25, 0.3) is 0 Å². The highest BCUT2D eigenvalue weighted by molar-refractivity contribution is 6.06. The Morgan fingerprint density at radius 1 is 1.04 bits per heavy atom. The molecular formula is C22H21NO5. The van der Waals surface area contributed by atoms with Gasteiger partial charge in [-0.1, -0.05) is 24.3 Å². The minimum absolute atomic E-state index is 0.0283. The quantitative estimate of drug-likeness (QED) is 0.258. The van der Waals surface area contributed by atoms with Gasteiger partial charge < -0.3 is 4.74 Å². The lowest BCUT2D eigenvalue weighted by atomic mass is 9.63. The van der Waals surface area contributed by atoms with Gasteiger partial charge in [0.1, 0.15) is 5.75 Å². The van der Waals surface area contributed by atoms with Gasteiger partial charge in [0.05, 0.1) is 23.8 Å². The molecule has 0 N–H and O–H groups in total. The molecule has 1 aliphatic heterocycles. The molecule has 6 heteroatoms. The first kappa shape index (κ1) is 17.3. The average molecular weight is 379 g/mol. The van der Waals surface area contributed by atoms with Gasteiger partial charge >= 0.3 is 5.97 Å². The van der Waals surface area contributed by atoms with E-state index >= 15 is 0 Å². The normalized spacial score (nSPS) is 34.2. The van der Waals surface area contributed by atoms with Crippen LogP contribution in [0.15, 0.2) is 36.4 Å². The molecule has 0 aromatic heterocycles. The Morgan fingerprint density at radius 3 is 2.25 bits per heavy atom. The molecule has 1 heterocycles. The molecule has 0 spiro atoms. The molecule has 6 nitrogen and oxygen atoms in total. The number of benzene rings is 1. The van der Waals surface area contributed by atoms with Crippen LogP contribution in [0.1, 0.15) is 30.1 Å². The number of esters is 1. The van der Waals surface area contributed by atoms with Gasteiger partial charge in [-0.05, 0) is 49.1 Å². The van der Waals surface area contributed by atoms with E-state index in [0.717, 1.165) is 6.42 Å². The first-order valence-electron chi connectivity index (χ1n) is 9.81. The van der Waals surface area contributed by atoms with Crippen LogP contribution in [0.3, 0.4) is 0 Å². The number of ketones is 1. The first-order valence-corrected chi connectivity index (χ1v) is 9.81. The number of carbonyl (C=O) groups excluding carboxylic acids is 4. The summed E-state index contributed by atoms with van der Waals surface area (Å²) in [4.78, 5) is 51.0. The van der Waals surface area contributed by atoms with Crippen LogP contribution in [0, 0.1) is 35.5 Å². The predicted octanol–water partition coefficient (Wildman–Crippen LogP) is 2.24. The molecule has 1 aromatic carbocycles. The van der Waals surface area contributed by atoms with Gasteiger partial charge in [0.25, 0.3) is 0 Å². The third-order valence-electron chi connectivity index (χ3n) is 6.78. The molecule has 2 bridgehead atoms. The Kier molecular flexibility index (Phi) is 3.79. The lowest BCUT2D eigenvalue weighted by Crippen LogP contribution is -2.40. The van der Waals surface area contributed by atoms with Gasteiger partial charge in [-0.2, -0.15) is 0 Å². The SMILES string of the molecule is CC(=O)c1ccccc1OC(=O)CCN1C(=O)[C@@H]2[C@H]3C=C[C@@H]([C@@H]4C[C@H]34)[C@@H]2C1=O. The average Bonchev–Trinajstić information content (AvgIpc) is 3.46. The zero-order chi connectivity index (χ0) is 19.6. The molecule has 2 amide bonds. The van der Waals surface area contributed by atoms with Crippen molar-refractivity contribution in [3.05, 3.63) is 42.0 Å². The van der Waals surface area contributed by atoms with Crippen molar-refractivity contribution in [2.24, 2.45) is 35.5 Å². The number of imide groups is 1. The third kappa shape index (κ3) is 2.47. The fourth-order valence-electron chi connectivity index (χ4n) is 5.46. The van der Waals surface area contributed by atoms with Crippen LogP contribution in [0.2, 0.25) is 0 Å². The molecule has 2 saturated carbocycles. The molecule has 5 aliphatic rings. The second-order valence-electron chi connectivity index (χ2n) is 8.26. The Balaban J connectivity index is 1.26. The van der Waals surface area contributed by atoms with E-state index < -0.39 is 5.97 Å². The maximum absolute atomic E-state index is 12.9. The Morgan fingerprint density at radius 2 is 1.64 bits per heavy atom. The van der Waals surface area contributed by atoms with Crippen LogP contribution in [-0.4, -0.2) is 35.0 Å². The molecule has 0 unspecified atom stereocenters. The number of likely N-dealkylation sites (tertiary alicyclic amines) is 1. The Labute approximate surface area is 162 Å². The molecule has 6 rings (SSSR count). The number of amides is 2. The topological polar surface area (TPSA) is 80.8 Å². The van der Waals surface area contributed by atoms with Crippen LogP contribution in [0.4, 0.5) is 0 Å². The number of nitrogens with zero attached hydrogens (tertiary/aromatic N) is 1. The fourth-order valence-corrected chi connectivity index (χ4v) is 5.46. The van der Waals surface area contributed by atoms with Crippen LogP contribution < -0.4 is 4.74 Å². The smallest absolute Gasteiger partial charge is 0.313 e. The molecule has 3 fully saturated rings. The highest BCUT2D eigenvalue weighted by Gasteiger charge is 2.66. The van der Waals surface area contributed by atoms with Gasteiger partial charge in [0.2, 0.25) is 11.8 Å². The van der Waals surface area contributed by atoms with E-state index in [1.54, 1.807) is 24.3 Å². The van der Waals surface area contributed by atoms with E-state index in [2.05, 4.69) is 12.2 Å². The van der Waals surface area contributed by atoms with E-state index in [1.807, 2.05) is 0 Å². The number of hydrogen-bond acceptors (Lipinski definition) is 5. The monoisotopic (exact) mass is 379 g/mol. The van der Waals surface area contributed by atoms with Gasteiger partial charge in [-0.25, -0.2) is 0 Å². The molecule has 28 heavy (non-hydrogen) atoms. The van der Waals surface area contributed by atoms with E-state index in [9.17, 15) is 19.2 Å². The lowest BCUT2D eigenvalue weighted by Gasteiger charge is -2.37. The summed E-state index contributed by atoms with van der Waals surface area (Å²) in [7, 11) is 0. The number of Topliss-reactive ketones (excluding diaryl/α,β-unsaturated/α-hetero) is 1. The number of hydrogen-bond donors (Lipinski definition) is 0. The summed E-state index contributed by atoms with van der Waals surface area (Å²) in [6, 6.07) is 6.54. The summed E-state index contributed by atoms with van der Waals surface area (Å²) in [5.74, 6) is 0.130. The van der Waals surface area contributed by atoms with E-state index in [0.29, 0.717) is 17.4 Å². The predicted molar refractivity (Wildman–Crippen MR) is 98.1 cm³/mol. The van der Waals surface area contributed by atoms with Crippen LogP contribution in [-0.2, 0) is 14.4 Å². The van der Waals surface area contributed by atoms with E-state index in [4.69, 9.17) is 4.74 Å². The van der Waals surface area contributed by atoms with Crippen molar-refractivity contribution in [1.29, 1.82) is 0 Å². The maximum atomic E-state index is 12.9. The van der Waals surface area contributed by atoms with Gasteiger partial charge in [-0.3, -0.25) is 24.1 Å². The van der Waals surface area contributed by atoms with Crippen molar-refractivity contribution in [1.82, 2.24) is 4.90 Å². The van der Waals surface area contributed by atoms with Crippen molar-refractivity contribution in [3.8, 4) is 5.75 Å². The fraction of sp³-hybridized carbons (Fsp3) is 0.455. The summed E-state index contributed by atoms with van der Waals surface area (Å²) in [5.41, 5.74) is 0.331. The molecule has 6 atom stereocenters. The molecule has 4 aliphatic carbocycles. The largest absolute Gasteiger partial charge is 0.426 e. The number of para-hydroxylation sites is 1. The second kappa shape index (κ2) is 6.12. The molecular weight excluding hydrogens is 358 g/mol. The minimum atomic E-state index is -0.562. The second-order valence-corrected chi connectivity index (χ2v) is 8.26. The summed E-state index contributed by atoms with van der Waals surface area (Å²) in [5, 5.41) is 0. The number of allylic oxidation sites excluding steroid dienone is 2. The van der Waals surface area contributed by atoms with Gasteiger partial charge in [0.15, 0.2) is 5.78 Å². The van der Waals surface area contributed by atoms with Gasteiger partial charge in [0, 0.05) is 6.54 Å². The summed E-state index contributed by atoms with van der Waals surface area (Å²) >= 11 is 0. The van der Waals surface area contributed by atoms with Crippen molar-refractivity contribution in [2.45, 2.75) is 19.8 Å². The minimum Gasteiger partial charge on any atom is -0.426 e. The summed E-state index contributed by atoms with van der Waals surface area (Å²) in [6.45, 7) is 1.43. The zero-order valence-corrected chi connectivity index (χ0v) is 15.5. The maximum Gasteiger partial charge on any atom is 0.313 e. The van der Waals surface area contributed by atoms with Crippen LogP contribution in [0.5, 0.6) is 5.75 Å². The van der Waals surface area contributed by atoms with Crippen molar-refractivity contribution >= 4 is 23.6 Å². The van der Waals surface area contributed by atoms with Gasteiger partial charge in [-0.15, -0.1) is 0 Å². The van der Waals surface area contributed by atoms with Crippen molar-refractivity contribution in [2.75, 3.05) is 6.54 Å².